The van der Waals surface area contributed by atoms with Crippen molar-refractivity contribution in [2.75, 3.05) is 20.1 Å². The first-order valence-corrected chi connectivity index (χ1v) is 11.8. The maximum Gasteiger partial charge on any atom is 0.329 e. The molecule has 32 heavy (non-hydrogen) atoms. The number of amides is 1. The average molecular weight is 449 g/mol. The summed E-state index contributed by atoms with van der Waals surface area (Å²) < 4.78 is 30.9. The number of hydrogen-bond acceptors (Lipinski definition) is 3. The Morgan fingerprint density at radius 3 is 2.16 bits per heavy atom. The van der Waals surface area contributed by atoms with E-state index in [9.17, 15) is 18.4 Å². The van der Waals surface area contributed by atoms with Crippen LogP contribution in [0, 0.1) is 23.5 Å². The van der Waals surface area contributed by atoms with E-state index in [0.717, 1.165) is 49.9 Å². The summed E-state index contributed by atoms with van der Waals surface area (Å²) in [5, 5.41) is 2.49. The number of imidazole rings is 1. The Labute approximate surface area is 187 Å². The molecule has 2 aromatic rings. The van der Waals surface area contributed by atoms with Crippen molar-refractivity contribution in [2.24, 2.45) is 11.8 Å². The molecular formula is C24H34F2N4O2. The molecule has 2 fully saturated rings. The monoisotopic (exact) mass is 448 g/mol. The fourth-order valence-corrected chi connectivity index (χ4v) is 5.64. The molecular weight excluding hydrogens is 414 g/mol. The van der Waals surface area contributed by atoms with Crippen LogP contribution in [0.1, 0.15) is 58.4 Å². The molecule has 1 amide bonds. The van der Waals surface area contributed by atoms with Crippen molar-refractivity contribution in [1.82, 2.24) is 19.4 Å². The number of piperidine rings is 1. The maximum atomic E-state index is 14.1. The lowest BCUT2D eigenvalue weighted by molar-refractivity contribution is -0.121. The zero-order valence-electron chi connectivity index (χ0n) is 19.2. The van der Waals surface area contributed by atoms with Gasteiger partial charge in [0, 0.05) is 44.4 Å². The Morgan fingerprint density at radius 1 is 1.00 bits per heavy atom. The van der Waals surface area contributed by atoms with Gasteiger partial charge in [-0.05, 0) is 50.4 Å². The Morgan fingerprint density at radius 2 is 1.59 bits per heavy atom. The van der Waals surface area contributed by atoms with E-state index >= 15 is 0 Å². The SMILES string of the molecule is CNC(=O)Cn1c(=O)n(C2CCN(C3CCC(C(C)C)CC3)CC2)c2cc(F)c(F)cc21. The molecule has 2 aliphatic rings. The highest BCUT2D eigenvalue weighted by atomic mass is 19.2. The molecule has 8 heteroatoms. The number of carbonyl (C=O) groups excluding carboxylic acids is 1. The van der Waals surface area contributed by atoms with E-state index in [2.05, 4.69) is 24.1 Å². The van der Waals surface area contributed by atoms with Crippen molar-refractivity contribution in [1.29, 1.82) is 0 Å². The quantitative estimate of drug-likeness (QED) is 0.759. The zero-order chi connectivity index (χ0) is 23.0. The number of carbonyl (C=O) groups is 1. The normalized spacial score (nSPS) is 23.2. The minimum Gasteiger partial charge on any atom is -0.358 e. The Bertz CT molecular complexity index is 1030. The molecule has 1 aromatic carbocycles. The number of rotatable bonds is 5. The summed E-state index contributed by atoms with van der Waals surface area (Å²) in [6.45, 7) is 6.18. The van der Waals surface area contributed by atoms with Crippen LogP contribution < -0.4 is 11.0 Å². The summed E-state index contributed by atoms with van der Waals surface area (Å²) >= 11 is 0. The van der Waals surface area contributed by atoms with Crippen LogP contribution in [-0.2, 0) is 11.3 Å². The van der Waals surface area contributed by atoms with Gasteiger partial charge in [0.1, 0.15) is 6.54 Å². The number of likely N-dealkylation sites (N-methyl/N-ethyl adjacent to an activating group) is 1. The standard InChI is InChI=1S/C24H34F2N4O2/c1-15(2)16-4-6-17(7-5-16)28-10-8-18(9-11-28)30-22-13-20(26)19(25)12-21(22)29(24(30)32)14-23(31)27-3/h12-13,15-18H,4-11,14H2,1-3H3,(H,27,31). The van der Waals surface area contributed by atoms with E-state index in [1.807, 2.05) is 0 Å². The predicted molar refractivity (Wildman–Crippen MR) is 121 cm³/mol. The van der Waals surface area contributed by atoms with Gasteiger partial charge in [-0.2, -0.15) is 0 Å². The summed E-state index contributed by atoms with van der Waals surface area (Å²) in [6, 6.07) is 2.62. The molecule has 0 unspecified atom stereocenters. The molecule has 1 N–H and O–H groups in total. The van der Waals surface area contributed by atoms with Gasteiger partial charge in [-0.1, -0.05) is 13.8 Å². The predicted octanol–water partition coefficient (Wildman–Crippen LogP) is 3.68. The molecule has 1 aliphatic carbocycles. The summed E-state index contributed by atoms with van der Waals surface area (Å²) in [5.41, 5.74) is 0.227. The first kappa shape index (κ1) is 23.0. The third kappa shape index (κ3) is 4.34. The van der Waals surface area contributed by atoms with E-state index in [0.29, 0.717) is 11.6 Å². The molecule has 2 heterocycles. The average Bonchev–Trinajstić information content (AvgIpc) is 3.04. The fraction of sp³-hybridized carbons (Fsp3) is 0.667. The van der Waals surface area contributed by atoms with E-state index in [1.165, 1.54) is 37.3 Å². The molecule has 1 saturated heterocycles. The number of hydrogen-bond donors (Lipinski definition) is 1. The van der Waals surface area contributed by atoms with Gasteiger partial charge in [-0.3, -0.25) is 13.9 Å². The summed E-state index contributed by atoms with van der Waals surface area (Å²) in [5.74, 6) is -0.799. The van der Waals surface area contributed by atoms with Crippen molar-refractivity contribution < 1.29 is 13.6 Å². The number of aromatic nitrogens is 2. The number of halogens is 2. The molecule has 4 rings (SSSR count). The third-order valence-corrected chi connectivity index (χ3v) is 7.65. The Balaban J connectivity index is 1.54. The number of nitrogens with one attached hydrogen (secondary N) is 1. The second kappa shape index (κ2) is 9.33. The van der Waals surface area contributed by atoms with E-state index < -0.39 is 11.6 Å². The second-order valence-electron chi connectivity index (χ2n) is 9.75. The highest BCUT2D eigenvalue weighted by molar-refractivity contribution is 5.81. The second-order valence-corrected chi connectivity index (χ2v) is 9.75. The van der Waals surface area contributed by atoms with Gasteiger partial charge in [0.25, 0.3) is 0 Å². The van der Waals surface area contributed by atoms with Gasteiger partial charge in [0.15, 0.2) is 11.6 Å². The lowest BCUT2D eigenvalue weighted by Crippen LogP contribution is -2.45. The largest absolute Gasteiger partial charge is 0.358 e. The molecule has 1 saturated carbocycles. The van der Waals surface area contributed by atoms with Gasteiger partial charge in [0.05, 0.1) is 11.0 Å². The summed E-state index contributed by atoms with van der Waals surface area (Å²) in [7, 11) is 1.48. The summed E-state index contributed by atoms with van der Waals surface area (Å²) in [4.78, 5) is 27.7. The first-order valence-electron chi connectivity index (χ1n) is 11.8. The van der Waals surface area contributed by atoms with Crippen LogP contribution in [0.2, 0.25) is 0 Å². The number of likely N-dealkylation sites (tertiary alicyclic amines) is 1. The van der Waals surface area contributed by atoms with Crippen LogP contribution in [0.25, 0.3) is 11.0 Å². The van der Waals surface area contributed by atoms with Crippen molar-refractivity contribution in [2.45, 2.75) is 71.0 Å². The number of benzene rings is 1. The maximum absolute atomic E-state index is 14.1. The van der Waals surface area contributed by atoms with Gasteiger partial charge in [-0.15, -0.1) is 0 Å². The van der Waals surface area contributed by atoms with Crippen molar-refractivity contribution >= 4 is 16.9 Å². The fourth-order valence-electron chi connectivity index (χ4n) is 5.64. The number of nitrogens with zero attached hydrogens (tertiary/aromatic N) is 3. The molecule has 0 spiro atoms. The van der Waals surface area contributed by atoms with Gasteiger partial charge in [0.2, 0.25) is 5.91 Å². The van der Waals surface area contributed by atoms with Crippen molar-refractivity contribution in [3.8, 4) is 0 Å². The molecule has 1 aliphatic heterocycles. The molecule has 6 nitrogen and oxygen atoms in total. The van der Waals surface area contributed by atoms with Crippen LogP contribution >= 0.6 is 0 Å². The van der Waals surface area contributed by atoms with Crippen LogP contribution in [0.15, 0.2) is 16.9 Å². The van der Waals surface area contributed by atoms with E-state index in [4.69, 9.17) is 0 Å². The van der Waals surface area contributed by atoms with Gasteiger partial charge in [-0.25, -0.2) is 13.6 Å². The molecule has 1 aromatic heterocycles. The van der Waals surface area contributed by atoms with Crippen LogP contribution in [0.3, 0.4) is 0 Å². The topological polar surface area (TPSA) is 59.3 Å². The van der Waals surface area contributed by atoms with Gasteiger partial charge >= 0.3 is 5.69 Å². The molecule has 0 atom stereocenters. The highest BCUT2D eigenvalue weighted by Crippen LogP contribution is 2.35. The first-order chi connectivity index (χ1) is 15.3. The van der Waals surface area contributed by atoms with Crippen molar-refractivity contribution in [3.05, 3.63) is 34.3 Å². The lowest BCUT2D eigenvalue weighted by Gasteiger charge is -2.41. The molecule has 0 bridgehead atoms. The molecule has 0 radical (unpaired) electrons. The van der Waals surface area contributed by atoms with Crippen LogP contribution in [0.5, 0.6) is 0 Å². The van der Waals surface area contributed by atoms with E-state index in [-0.39, 0.29) is 29.7 Å². The third-order valence-electron chi connectivity index (χ3n) is 7.65. The Hall–Kier alpha value is -2.22. The van der Waals surface area contributed by atoms with Gasteiger partial charge < -0.3 is 10.2 Å². The highest BCUT2D eigenvalue weighted by Gasteiger charge is 2.32. The minimum absolute atomic E-state index is 0.0935. The Kier molecular flexibility index (Phi) is 6.70. The number of fused-ring (bicyclic) bond motifs is 1. The zero-order valence-corrected chi connectivity index (χ0v) is 19.2. The minimum atomic E-state index is -1.02. The lowest BCUT2D eigenvalue weighted by atomic mass is 9.79. The van der Waals surface area contributed by atoms with Crippen LogP contribution in [-0.4, -0.2) is 46.1 Å². The molecule has 176 valence electrons. The van der Waals surface area contributed by atoms with Crippen LogP contribution in [0.4, 0.5) is 8.78 Å². The smallest absolute Gasteiger partial charge is 0.329 e. The van der Waals surface area contributed by atoms with E-state index in [1.54, 1.807) is 4.57 Å². The summed E-state index contributed by atoms with van der Waals surface area (Å²) in [6.07, 6.45) is 6.57. The van der Waals surface area contributed by atoms with Crippen molar-refractivity contribution in [3.63, 3.8) is 0 Å².